The number of anilines is 1. The van der Waals surface area contributed by atoms with Crippen molar-refractivity contribution in [3.63, 3.8) is 0 Å². The number of amides is 2. The third kappa shape index (κ3) is 4.88. The van der Waals surface area contributed by atoms with Gasteiger partial charge in [0.2, 0.25) is 11.8 Å². The minimum absolute atomic E-state index is 0.0810. The maximum Gasteiger partial charge on any atom is 0.249 e. The fraction of sp³-hybridized carbons (Fsp3) is 0.318. The molecule has 0 aliphatic carbocycles. The molecule has 0 spiro atoms. The van der Waals surface area contributed by atoms with Crippen molar-refractivity contribution in [1.29, 1.82) is 0 Å². The Morgan fingerprint density at radius 3 is 2.87 bits per heavy atom. The van der Waals surface area contributed by atoms with Crippen molar-refractivity contribution >= 4 is 44.5 Å². The van der Waals surface area contributed by atoms with Crippen LogP contribution in [0.2, 0.25) is 0 Å². The minimum Gasteiger partial charge on any atom is -0.368 e. The molecule has 1 fully saturated rings. The van der Waals surface area contributed by atoms with Gasteiger partial charge < -0.3 is 19.9 Å². The van der Waals surface area contributed by atoms with Crippen LogP contribution in [0, 0.1) is 0 Å². The lowest BCUT2D eigenvalue weighted by Gasteiger charge is -2.12. The predicted molar refractivity (Wildman–Crippen MR) is 118 cm³/mol. The molecule has 1 saturated heterocycles. The molecule has 1 aliphatic rings. The molecular weight excluding hydrogens is 448 g/mol. The molecule has 4 rings (SSSR count). The number of rotatable bonds is 7. The highest BCUT2D eigenvalue weighted by atomic mass is 79.9. The Balaban J connectivity index is 1.45. The lowest BCUT2D eigenvalue weighted by Crippen LogP contribution is -2.35. The molecule has 156 valence electrons. The third-order valence-corrected chi connectivity index (χ3v) is 5.51. The monoisotopic (exact) mass is 470 g/mol. The average molecular weight is 471 g/mol. The minimum atomic E-state index is -0.347. The van der Waals surface area contributed by atoms with Crippen molar-refractivity contribution in [1.82, 2.24) is 14.9 Å². The van der Waals surface area contributed by atoms with Gasteiger partial charge in [0.25, 0.3) is 0 Å². The number of carbonyl (C=O) groups excluding carboxylic acids is 2. The maximum atomic E-state index is 12.7. The molecule has 2 amide bonds. The number of nitrogens with one attached hydrogen (secondary N) is 2. The number of ether oxygens (including phenoxy) is 1. The van der Waals surface area contributed by atoms with Crippen LogP contribution < -0.4 is 10.6 Å². The molecule has 3 aromatic rings. The molecule has 0 bridgehead atoms. The lowest BCUT2D eigenvalue weighted by molar-refractivity contribution is -0.130. The smallest absolute Gasteiger partial charge is 0.249 e. The van der Waals surface area contributed by atoms with Crippen molar-refractivity contribution in [2.75, 3.05) is 18.5 Å². The average Bonchev–Trinajstić information content (AvgIpc) is 3.37. The van der Waals surface area contributed by atoms with E-state index in [2.05, 4.69) is 31.5 Å². The third-order valence-electron chi connectivity index (χ3n) is 5.01. The number of benzene rings is 2. The summed E-state index contributed by atoms with van der Waals surface area (Å²) >= 11 is 3.41. The second kappa shape index (κ2) is 9.40. The highest BCUT2D eigenvalue weighted by molar-refractivity contribution is 9.10. The zero-order valence-electron chi connectivity index (χ0n) is 16.4. The van der Waals surface area contributed by atoms with Crippen LogP contribution in [-0.2, 0) is 27.3 Å². The van der Waals surface area contributed by atoms with E-state index in [1.165, 1.54) is 0 Å². The van der Waals surface area contributed by atoms with Crippen molar-refractivity contribution in [2.24, 2.45) is 0 Å². The molecule has 1 atom stereocenters. The Hall–Kier alpha value is -2.71. The molecule has 1 aliphatic heterocycles. The first-order valence-corrected chi connectivity index (χ1v) is 10.8. The van der Waals surface area contributed by atoms with Crippen LogP contribution in [0.5, 0.6) is 0 Å². The first-order valence-electron chi connectivity index (χ1n) is 9.99. The van der Waals surface area contributed by atoms with E-state index in [0.717, 1.165) is 39.9 Å². The first-order chi connectivity index (χ1) is 14.6. The number of fused-ring (bicyclic) bond motifs is 1. The number of carbonyl (C=O) groups is 2. The van der Waals surface area contributed by atoms with E-state index in [0.29, 0.717) is 19.6 Å². The van der Waals surface area contributed by atoms with Gasteiger partial charge in [-0.25, -0.2) is 4.98 Å². The van der Waals surface area contributed by atoms with Gasteiger partial charge in [-0.05, 0) is 43.2 Å². The topological polar surface area (TPSA) is 85.2 Å². The normalized spacial score (nSPS) is 16.0. The molecular formula is C22H23BrN4O3. The summed E-state index contributed by atoms with van der Waals surface area (Å²) in [5.74, 6) is 0.539. The van der Waals surface area contributed by atoms with Gasteiger partial charge >= 0.3 is 0 Å². The van der Waals surface area contributed by atoms with E-state index >= 15 is 0 Å². The van der Waals surface area contributed by atoms with E-state index in [1.807, 2.05) is 53.1 Å². The van der Waals surface area contributed by atoms with Crippen LogP contribution in [0.1, 0.15) is 18.7 Å². The molecule has 1 aromatic heterocycles. The Morgan fingerprint density at radius 2 is 2.07 bits per heavy atom. The van der Waals surface area contributed by atoms with Crippen molar-refractivity contribution < 1.29 is 14.3 Å². The van der Waals surface area contributed by atoms with Crippen LogP contribution >= 0.6 is 15.9 Å². The Bertz CT molecular complexity index is 1060. The number of hydrogen-bond donors (Lipinski definition) is 2. The second-order valence-electron chi connectivity index (χ2n) is 7.20. The largest absolute Gasteiger partial charge is 0.368 e. The van der Waals surface area contributed by atoms with Gasteiger partial charge in [-0.1, -0.05) is 34.1 Å². The molecule has 7 nitrogen and oxygen atoms in total. The van der Waals surface area contributed by atoms with E-state index in [4.69, 9.17) is 4.74 Å². The fourth-order valence-electron chi connectivity index (χ4n) is 3.60. The zero-order valence-corrected chi connectivity index (χ0v) is 18.0. The quantitative estimate of drug-likeness (QED) is 0.554. The summed E-state index contributed by atoms with van der Waals surface area (Å²) in [6, 6.07) is 15.2. The summed E-state index contributed by atoms with van der Waals surface area (Å²) in [5, 5.41) is 5.84. The van der Waals surface area contributed by atoms with Crippen LogP contribution in [0.4, 0.5) is 5.69 Å². The molecule has 1 unspecified atom stereocenters. The lowest BCUT2D eigenvalue weighted by atomic mass is 10.2. The summed E-state index contributed by atoms with van der Waals surface area (Å²) in [7, 11) is 0. The predicted octanol–water partition coefficient (Wildman–Crippen LogP) is 3.28. The first kappa shape index (κ1) is 20.6. The summed E-state index contributed by atoms with van der Waals surface area (Å²) < 4.78 is 8.22. The van der Waals surface area contributed by atoms with Gasteiger partial charge in [0.15, 0.2) is 0 Å². The Morgan fingerprint density at radius 1 is 1.20 bits per heavy atom. The van der Waals surface area contributed by atoms with E-state index < -0.39 is 0 Å². The van der Waals surface area contributed by atoms with Crippen LogP contribution in [0.25, 0.3) is 11.0 Å². The number of aromatic nitrogens is 2. The number of nitrogens with zero attached hydrogens (tertiary/aromatic N) is 2. The summed E-state index contributed by atoms with van der Waals surface area (Å²) in [5.41, 5.74) is 2.44. The summed E-state index contributed by atoms with van der Waals surface area (Å²) in [4.78, 5) is 29.5. The molecule has 8 heteroatoms. The standard InChI is InChI=1S/C22H23BrN4O3/c23-15-5-3-6-16(13-15)25-21(28)14-27-18-8-2-1-7-17(18)26-20(27)10-11-24-22(29)19-9-4-12-30-19/h1-3,5-8,13,19H,4,9-12,14H2,(H,24,29)(H,25,28). The van der Waals surface area contributed by atoms with Crippen molar-refractivity contribution in [3.8, 4) is 0 Å². The highest BCUT2D eigenvalue weighted by Crippen LogP contribution is 2.19. The molecule has 2 aromatic carbocycles. The van der Waals surface area contributed by atoms with E-state index in [9.17, 15) is 9.59 Å². The maximum absolute atomic E-state index is 12.7. The van der Waals surface area contributed by atoms with Crippen molar-refractivity contribution in [3.05, 3.63) is 58.8 Å². The zero-order chi connectivity index (χ0) is 20.9. The second-order valence-corrected chi connectivity index (χ2v) is 8.12. The van der Waals surface area contributed by atoms with Gasteiger partial charge in [-0.3, -0.25) is 9.59 Å². The summed E-state index contributed by atoms with van der Waals surface area (Å²) in [6.45, 7) is 1.22. The van der Waals surface area contributed by atoms with Crippen molar-refractivity contribution in [2.45, 2.75) is 31.9 Å². The van der Waals surface area contributed by atoms with E-state index in [1.54, 1.807) is 0 Å². The molecule has 0 radical (unpaired) electrons. The molecule has 2 N–H and O–H groups in total. The van der Waals surface area contributed by atoms with E-state index in [-0.39, 0.29) is 24.5 Å². The van der Waals surface area contributed by atoms with Crippen LogP contribution in [0.15, 0.2) is 53.0 Å². The molecule has 30 heavy (non-hydrogen) atoms. The number of hydrogen-bond acceptors (Lipinski definition) is 4. The number of para-hydroxylation sites is 2. The van der Waals surface area contributed by atoms with Gasteiger partial charge in [0.05, 0.1) is 11.0 Å². The molecule has 0 saturated carbocycles. The van der Waals surface area contributed by atoms with Gasteiger partial charge in [-0.2, -0.15) is 0 Å². The Labute approximate surface area is 182 Å². The number of halogens is 1. The number of imidazole rings is 1. The highest BCUT2D eigenvalue weighted by Gasteiger charge is 2.23. The Kier molecular flexibility index (Phi) is 6.44. The summed E-state index contributed by atoms with van der Waals surface area (Å²) in [6.07, 6.45) is 1.86. The van der Waals surface area contributed by atoms with Gasteiger partial charge in [-0.15, -0.1) is 0 Å². The van der Waals surface area contributed by atoms with Gasteiger partial charge in [0.1, 0.15) is 18.5 Å². The van der Waals surface area contributed by atoms with Crippen LogP contribution in [0.3, 0.4) is 0 Å². The SMILES string of the molecule is O=C(Cn1c(CCNC(=O)C2CCCO2)nc2ccccc21)Nc1cccc(Br)c1. The fourth-order valence-corrected chi connectivity index (χ4v) is 4.00. The molecule has 2 heterocycles. The van der Waals surface area contributed by atoms with Crippen LogP contribution in [-0.4, -0.2) is 40.6 Å². The van der Waals surface area contributed by atoms with Gasteiger partial charge in [0, 0.05) is 29.7 Å².